The van der Waals surface area contributed by atoms with Crippen LogP contribution in [0.15, 0.2) is 24.3 Å². The number of ether oxygens (including phenoxy) is 6. The first-order chi connectivity index (χ1) is 32.0. The van der Waals surface area contributed by atoms with Gasteiger partial charge in [0.15, 0.2) is 0 Å². The van der Waals surface area contributed by atoms with Crippen LogP contribution in [-0.4, -0.2) is 175 Å². The maximum Gasteiger partial charge on any atom is 0.314 e. The van der Waals surface area contributed by atoms with Crippen molar-refractivity contribution in [2.75, 3.05) is 110 Å². The normalized spacial score (nSPS) is 19.8. The Bertz CT molecular complexity index is 1550. The van der Waals surface area contributed by atoms with Crippen LogP contribution in [-0.2, 0) is 38.0 Å². The smallest absolute Gasteiger partial charge is 0.314 e. The second-order valence-corrected chi connectivity index (χ2v) is 16.6. The number of aliphatic hydroxyl groups excluding tert-OH is 3. The van der Waals surface area contributed by atoms with Gasteiger partial charge in [-0.15, -0.1) is 0 Å². The van der Waals surface area contributed by atoms with Gasteiger partial charge in [-0.05, 0) is 74.6 Å². The van der Waals surface area contributed by atoms with E-state index in [-0.39, 0.29) is 60.2 Å². The maximum absolute atomic E-state index is 12.6. The minimum Gasteiger partial charge on any atom is -0.394 e. The minimum absolute atomic E-state index is 0.0945. The lowest BCUT2D eigenvalue weighted by Crippen LogP contribution is -2.49. The molecule has 0 radical (unpaired) electrons. The van der Waals surface area contributed by atoms with Gasteiger partial charge < -0.3 is 70.3 Å². The van der Waals surface area contributed by atoms with Gasteiger partial charge in [0, 0.05) is 63.7 Å². The third-order valence-electron chi connectivity index (χ3n) is 11.9. The molecule has 1 aromatic rings. The molecule has 2 aliphatic heterocycles. The minimum atomic E-state index is -1.07. The van der Waals surface area contributed by atoms with Crippen LogP contribution >= 0.6 is 0 Å². The van der Waals surface area contributed by atoms with E-state index in [4.69, 9.17) is 28.4 Å². The Morgan fingerprint density at radius 2 is 1.26 bits per heavy atom. The van der Waals surface area contributed by atoms with E-state index in [9.17, 15) is 39.3 Å². The highest BCUT2D eigenvalue weighted by Crippen LogP contribution is 2.31. The van der Waals surface area contributed by atoms with Crippen LogP contribution in [0, 0.1) is 11.3 Å². The zero-order valence-corrected chi connectivity index (χ0v) is 39.4. The highest BCUT2D eigenvalue weighted by Gasteiger charge is 2.39. The van der Waals surface area contributed by atoms with Crippen molar-refractivity contribution in [1.29, 1.82) is 0 Å². The van der Waals surface area contributed by atoms with Crippen LogP contribution in [0.5, 0.6) is 0 Å². The molecular formula is C46H78N6O14. The second-order valence-electron chi connectivity index (χ2n) is 16.6. The van der Waals surface area contributed by atoms with Gasteiger partial charge in [0.1, 0.15) is 12.2 Å². The summed E-state index contributed by atoms with van der Waals surface area (Å²) in [5.41, 5.74) is 0.796. The molecule has 0 aromatic heterocycles. The lowest BCUT2D eigenvalue weighted by atomic mass is 9.78. The van der Waals surface area contributed by atoms with Gasteiger partial charge in [-0.1, -0.05) is 27.2 Å². The summed E-state index contributed by atoms with van der Waals surface area (Å²) in [7, 11) is 0. The number of imide groups is 1. The van der Waals surface area contributed by atoms with E-state index >= 15 is 0 Å². The Labute approximate surface area is 389 Å². The van der Waals surface area contributed by atoms with E-state index in [1.54, 1.807) is 24.3 Å². The molecule has 2 fully saturated rings. The van der Waals surface area contributed by atoms with Crippen molar-refractivity contribution >= 4 is 35.5 Å². The molecule has 0 spiro atoms. The molecule has 20 heteroatoms. The molecule has 0 bridgehead atoms. The summed E-state index contributed by atoms with van der Waals surface area (Å²) in [5, 5.41) is 43.3. The molecule has 1 aromatic carbocycles. The summed E-state index contributed by atoms with van der Waals surface area (Å²) >= 11 is 0. The maximum atomic E-state index is 12.6. The molecule has 7 amide bonds. The summed E-state index contributed by atoms with van der Waals surface area (Å²) in [5.74, 6) is -0.957. The van der Waals surface area contributed by atoms with Crippen LogP contribution in [0.4, 0.5) is 15.3 Å². The molecule has 2 aliphatic rings. The van der Waals surface area contributed by atoms with Gasteiger partial charge in [0.2, 0.25) is 11.8 Å². The van der Waals surface area contributed by atoms with Crippen molar-refractivity contribution in [3.63, 3.8) is 0 Å². The average molecular weight is 939 g/mol. The summed E-state index contributed by atoms with van der Waals surface area (Å²) in [6.07, 6.45) is 3.78. The molecular weight excluding hydrogens is 861 g/mol. The Kier molecular flexibility index (Phi) is 27.9. The van der Waals surface area contributed by atoms with Crippen LogP contribution in [0.2, 0.25) is 0 Å². The highest BCUT2D eigenvalue weighted by molar-refractivity contribution is 6.21. The summed E-state index contributed by atoms with van der Waals surface area (Å²) in [6.45, 7) is 11.6. The van der Waals surface area contributed by atoms with E-state index in [2.05, 4.69) is 40.4 Å². The second kappa shape index (κ2) is 32.7. The number of rotatable bonds is 35. The summed E-state index contributed by atoms with van der Waals surface area (Å²) in [4.78, 5) is 63.4. The molecule has 20 nitrogen and oxygen atoms in total. The average Bonchev–Trinajstić information content (AvgIpc) is 3.60. The first-order valence-corrected chi connectivity index (χ1v) is 23.8. The molecule has 5 atom stereocenters. The molecule has 2 heterocycles. The largest absolute Gasteiger partial charge is 0.394 e. The van der Waals surface area contributed by atoms with Gasteiger partial charge in [-0.25, -0.2) is 9.59 Å². The third-order valence-corrected chi connectivity index (χ3v) is 11.9. The number of aliphatic hydroxyl groups is 3. The fraction of sp³-hybridized carbons (Fsp3) is 0.761. The number of nitrogens with one attached hydrogen (secondary N) is 5. The van der Waals surface area contributed by atoms with Crippen molar-refractivity contribution < 1.29 is 67.7 Å². The van der Waals surface area contributed by atoms with E-state index < -0.39 is 18.3 Å². The Balaban J connectivity index is 1.09. The van der Waals surface area contributed by atoms with Crippen LogP contribution in [0.3, 0.4) is 0 Å². The standard InChI is InChI=1S/C46H78N6O14/c1-4-9-35-30-40(55)52(43(35)58)36-13-11-34(12-14-36)42(57)47-17-21-62-26-28-65-29-27-64-23-19-50-45(60)51-33-46(5-2,6-3)15-8-16-48-44(59)49-18-22-63-25-24-61-20-7-10-37-31-38(54)41(56)39(32-53)66-37/h11-14,35,37-39,41,53-54,56H,4-10,15-33H2,1-3H3,(H,47,57)(H2,48,49,59)(H2,50,51,60)/t35?,37-,38-,39-,41-/m1/s1. The number of hydrogen-bond acceptors (Lipinski definition) is 14. The third kappa shape index (κ3) is 20.9. The highest BCUT2D eigenvalue weighted by atomic mass is 16.5. The number of hydrogen-bond donors (Lipinski definition) is 8. The molecule has 8 N–H and O–H groups in total. The fourth-order valence-electron chi connectivity index (χ4n) is 7.77. The molecule has 0 saturated carbocycles. The number of anilines is 1. The SMILES string of the molecule is CCCC1CC(=O)N(c2ccc(C(=O)NCCOCCOCCOCCNC(=O)NCC(CC)(CC)CCCNC(=O)NCCOCCOCCC[C@@H]3C[C@@H](O)[C@@H](O)[C@@H](CO)O3)cc2)C1=O. The van der Waals surface area contributed by atoms with Gasteiger partial charge in [0.05, 0.1) is 84.0 Å². The van der Waals surface area contributed by atoms with Crippen molar-refractivity contribution in [3.8, 4) is 0 Å². The quantitative estimate of drug-likeness (QED) is 0.0358. The van der Waals surface area contributed by atoms with E-state index in [1.165, 1.54) is 4.90 Å². The van der Waals surface area contributed by atoms with E-state index in [1.807, 2.05) is 6.92 Å². The lowest BCUT2D eigenvalue weighted by molar-refractivity contribution is -0.181. The predicted octanol–water partition coefficient (Wildman–Crippen LogP) is 2.02. The van der Waals surface area contributed by atoms with Gasteiger partial charge in [-0.3, -0.25) is 19.3 Å². The van der Waals surface area contributed by atoms with Crippen LogP contribution < -0.4 is 31.5 Å². The van der Waals surface area contributed by atoms with E-state index in [0.29, 0.717) is 136 Å². The van der Waals surface area contributed by atoms with E-state index in [0.717, 1.165) is 32.1 Å². The predicted molar refractivity (Wildman–Crippen MR) is 245 cm³/mol. The molecule has 1 unspecified atom stereocenters. The number of nitrogens with zero attached hydrogens (tertiary/aromatic N) is 1. The zero-order valence-electron chi connectivity index (χ0n) is 39.4. The number of carbonyl (C=O) groups excluding carboxylic acids is 5. The summed E-state index contributed by atoms with van der Waals surface area (Å²) in [6, 6.07) is 5.89. The number of benzene rings is 1. The number of urea groups is 2. The number of carbonyl (C=O) groups is 5. The van der Waals surface area contributed by atoms with Gasteiger partial charge in [0.25, 0.3) is 5.91 Å². The topological polar surface area (TPSA) is 265 Å². The first-order valence-electron chi connectivity index (χ1n) is 23.8. The number of amides is 7. The van der Waals surface area contributed by atoms with Crippen molar-refractivity contribution in [2.24, 2.45) is 11.3 Å². The molecule has 376 valence electrons. The molecule has 3 rings (SSSR count). The van der Waals surface area contributed by atoms with Gasteiger partial charge in [-0.2, -0.15) is 0 Å². The monoisotopic (exact) mass is 939 g/mol. The summed E-state index contributed by atoms with van der Waals surface area (Å²) < 4.78 is 33.3. The van der Waals surface area contributed by atoms with Crippen molar-refractivity contribution in [2.45, 2.75) is 109 Å². The zero-order chi connectivity index (χ0) is 48.0. The lowest BCUT2D eigenvalue weighted by Gasteiger charge is -2.36. The van der Waals surface area contributed by atoms with Crippen LogP contribution in [0.25, 0.3) is 0 Å². The van der Waals surface area contributed by atoms with Crippen molar-refractivity contribution in [3.05, 3.63) is 29.8 Å². The Morgan fingerprint density at radius 3 is 1.83 bits per heavy atom. The molecule has 2 saturated heterocycles. The van der Waals surface area contributed by atoms with Gasteiger partial charge >= 0.3 is 12.1 Å². The van der Waals surface area contributed by atoms with Crippen LogP contribution in [0.1, 0.15) is 95.3 Å². The van der Waals surface area contributed by atoms with Crippen molar-refractivity contribution in [1.82, 2.24) is 26.6 Å². The Hall–Kier alpha value is -3.99. The fourth-order valence-corrected chi connectivity index (χ4v) is 7.77. The molecule has 0 aliphatic carbocycles. The Morgan fingerprint density at radius 1 is 0.712 bits per heavy atom. The molecule has 66 heavy (non-hydrogen) atoms. The first kappa shape index (κ1) is 56.3.